The van der Waals surface area contributed by atoms with Crippen molar-refractivity contribution >= 4 is 0 Å². The Bertz CT molecular complexity index is 237. The third-order valence-electron chi connectivity index (χ3n) is 4.95. The van der Waals surface area contributed by atoms with Crippen LogP contribution in [-0.4, -0.2) is 37.1 Å². The molecule has 0 aromatic rings. The maximum atomic E-state index is 3.74. The van der Waals surface area contributed by atoms with Crippen LogP contribution in [-0.2, 0) is 0 Å². The van der Waals surface area contributed by atoms with Crippen molar-refractivity contribution in [3.8, 4) is 0 Å². The lowest BCUT2D eigenvalue weighted by Gasteiger charge is -2.38. The van der Waals surface area contributed by atoms with Gasteiger partial charge in [-0.25, -0.2) is 0 Å². The minimum absolute atomic E-state index is 0.782. The van der Waals surface area contributed by atoms with Gasteiger partial charge in [0.2, 0.25) is 0 Å². The first-order valence-corrected chi connectivity index (χ1v) is 8.18. The zero-order chi connectivity index (χ0) is 13.0. The smallest absolute Gasteiger partial charge is 0.0108 e. The van der Waals surface area contributed by atoms with Gasteiger partial charge in [-0.1, -0.05) is 26.7 Å². The first-order valence-electron chi connectivity index (χ1n) is 8.18. The maximum absolute atomic E-state index is 3.74. The molecule has 0 bridgehead atoms. The van der Waals surface area contributed by atoms with Gasteiger partial charge in [0.05, 0.1) is 0 Å². The van der Waals surface area contributed by atoms with Crippen molar-refractivity contribution in [2.75, 3.05) is 20.1 Å². The molecule has 2 fully saturated rings. The van der Waals surface area contributed by atoms with Crippen LogP contribution in [0.2, 0.25) is 0 Å². The van der Waals surface area contributed by atoms with Gasteiger partial charge in [0, 0.05) is 18.6 Å². The van der Waals surface area contributed by atoms with Crippen molar-refractivity contribution in [3.05, 3.63) is 0 Å². The minimum atomic E-state index is 0.782. The van der Waals surface area contributed by atoms with Gasteiger partial charge >= 0.3 is 0 Å². The normalized spacial score (nSPS) is 33.0. The van der Waals surface area contributed by atoms with Gasteiger partial charge in [-0.15, -0.1) is 0 Å². The molecule has 2 saturated carbocycles. The summed E-state index contributed by atoms with van der Waals surface area (Å²) in [6.07, 6.45) is 10.0. The average molecular weight is 252 g/mol. The molecule has 2 heteroatoms. The molecular formula is C16H32N2. The fourth-order valence-corrected chi connectivity index (χ4v) is 3.80. The molecule has 3 atom stereocenters. The van der Waals surface area contributed by atoms with Crippen LogP contribution in [0.4, 0.5) is 0 Å². The summed E-state index contributed by atoms with van der Waals surface area (Å²) in [4.78, 5) is 2.63. The number of hydrogen-bond donors (Lipinski definition) is 1. The van der Waals surface area contributed by atoms with E-state index in [9.17, 15) is 0 Å². The molecule has 0 amide bonds. The molecule has 0 saturated heterocycles. The molecule has 2 aliphatic carbocycles. The summed E-state index contributed by atoms with van der Waals surface area (Å²) in [6.45, 7) is 7.04. The maximum Gasteiger partial charge on any atom is 0.0108 e. The van der Waals surface area contributed by atoms with Crippen molar-refractivity contribution < 1.29 is 0 Å². The summed E-state index contributed by atoms with van der Waals surface area (Å²) >= 11 is 0. The third-order valence-corrected chi connectivity index (χ3v) is 4.95. The summed E-state index contributed by atoms with van der Waals surface area (Å²) in [5.74, 6) is 1.89. The molecule has 0 radical (unpaired) electrons. The zero-order valence-electron chi connectivity index (χ0n) is 12.6. The quantitative estimate of drug-likeness (QED) is 0.748. The highest BCUT2D eigenvalue weighted by molar-refractivity contribution is 4.89. The second kappa shape index (κ2) is 6.91. The van der Waals surface area contributed by atoms with Crippen molar-refractivity contribution in [1.29, 1.82) is 0 Å². The predicted octanol–water partition coefficient (Wildman–Crippen LogP) is 3.28. The number of nitrogens with zero attached hydrogens (tertiary/aromatic N) is 1. The molecule has 106 valence electrons. The third kappa shape index (κ3) is 3.96. The van der Waals surface area contributed by atoms with E-state index in [0.29, 0.717) is 0 Å². The molecule has 0 spiro atoms. The van der Waals surface area contributed by atoms with Crippen LogP contribution in [0.15, 0.2) is 0 Å². The van der Waals surface area contributed by atoms with Gasteiger partial charge in [-0.2, -0.15) is 0 Å². The van der Waals surface area contributed by atoms with E-state index in [0.717, 1.165) is 30.5 Å². The first-order chi connectivity index (χ1) is 8.74. The van der Waals surface area contributed by atoms with Crippen molar-refractivity contribution in [2.45, 2.75) is 70.9 Å². The van der Waals surface area contributed by atoms with E-state index in [-0.39, 0.29) is 0 Å². The molecule has 2 aliphatic rings. The predicted molar refractivity (Wildman–Crippen MR) is 78.9 cm³/mol. The van der Waals surface area contributed by atoms with Gasteiger partial charge < -0.3 is 10.2 Å². The van der Waals surface area contributed by atoms with Gasteiger partial charge in [-0.05, 0) is 57.5 Å². The number of rotatable bonds is 7. The Hall–Kier alpha value is -0.0800. The van der Waals surface area contributed by atoms with E-state index in [1.807, 2.05) is 0 Å². The lowest BCUT2D eigenvalue weighted by Crippen LogP contribution is -2.45. The molecule has 2 nitrogen and oxygen atoms in total. The summed E-state index contributed by atoms with van der Waals surface area (Å²) in [5, 5.41) is 3.74. The fraction of sp³-hybridized carbons (Fsp3) is 1.00. The zero-order valence-corrected chi connectivity index (χ0v) is 12.6. The first kappa shape index (κ1) is 14.3. The Morgan fingerprint density at radius 3 is 2.50 bits per heavy atom. The standard InChI is InChI=1S/C16H32N2/c1-4-6-13-7-10-16(17-5-2)14(11-13)12-18(3)15-8-9-15/h13-17H,4-12H2,1-3H3. The summed E-state index contributed by atoms with van der Waals surface area (Å²) in [7, 11) is 2.34. The highest BCUT2D eigenvalue weighted by atomic mass is 15.2. The molecule has 0 heterocycles. The van der Waals surface area contributed by atoms with Crippen LogP contribution in [0.3, 0.4) is 0 Å². The Balaban J connectivity index is 1.86. The van der Waals surface area contributed by atoms with Gasteiger partial charge in [0.25, 0.3) is 0 Å². The Morgan fingerprint density at radius 1 is 1.11 bits per heavy atom. The molecule has 0 aromatic heterocycles. The van der Waals surface area contributed by atoms with E-state index in [1.54, 1.807) is 0 Å². The minimum Gasteiger partial charge on any atom is -0.314 e. The monoisotopic (exact) mass is 252 g/mol. The van der Waals surface area contributed by atoms with Gasteiger partial charge in [0.1, 0.15) is 0 Å². The Labute approximate surface area is 114 Å². The number of nitrogens with one attached hydrogen (secondary N) is 1. The van der Waals surface area contributed by atoms with E-state index < -0.39 is 0 Å². The molecule has 0 aliphatic heterocycles. The van der Waals surface area contributed by atoms with Crippen LogP contribution < -0.4 is 5.32 Å². The summed E-state index contributed by atoms with van der Waals surface area (Å²) in [5.41, 5.74) is 0. The fourth-order valence-electron chi connectivity index (χ4n) is 3.80. The molecule has 1 N–H and O–H groups in total. The highest BCUT2D eigenvalue weighted by Gasteiger charge is 2.33. The molecule has 3 unspecified atom stereocenters. The van der Waals surface area contributed by atoms with Crippen molar-refractivity contribution in [3.63, 3.8) is 0 Å². The highest BCUT2D eigenvalue weighted by Crippen LogP contribution is 2.34. The van der Waals surface area contributed by atoms with Crippen LogP contribution in [0.1, 0.15) is 58.8 Å². The molecule has 2 rings (SSSR count). The van der Waals surface area contributed by atoms with Crippen LogP contribution in [0, 0.1) is 11.8 Å². The largest absolute Gasteiger partial charge is 0.314 e. The molecular weight excluding hydrogens is 220 g/mol. The van der Waals surface area contributed by atoms with E-state index in [2.05, 4.69) is 31.1 Å². The van der Waals surface area contributed by atoms with E-state index in [1.165, 1.54) is 51.5 Å². The summed E-state index contributed by atoms with van der Waals surface area (Å²) < 4.78 is 0. The lowest BCUT2D eigenvalue weighted by molar-refractivity contribution is 0.147. The van der Waals surface area contributed by atoms with Crippen molar-refractivity contribution in [1.82, 2.24) is 10.2 Å². The Kier molecular flexibility index (Phi) is 5.50. The van der Waals surface area contributed by atoms with Crippen LogP contribution in [0.5, 0.6) is 0 Å². The van der Waals surface area contributed by atoms with E-state index in [4.69, 9.17) is 0 Å². The number of hydrogen-bond acceptors (Lipinski definition) is 2. The molecule has 18 heavy (non-hydrogen) atoms. The van der Waals surface area contributed by atoms with Crippen molar-refractivity contribution in [2.24, 2.45) is 11.8 Å². The lowest BCUT2D eigenvalue weighted by atomic mass is 9.76. The topological polar surface area (TPSA) is 15.3 Å². The van der Waals surface area contributed by atoms with Gasteiger partial charge in [-0.3, -0.25) is 0 Å². The van der Waals surface area contributed by atoms with Gasteiger partial charge in [0.15, 0.2) is 0 Å². The van der Waals surface area contributed by atoms with E-state index >= 15 is 0 Å². The second-order valence-electron chi connectivity index (χ2n) is 6.56. The van der Waals surface area contributed by atoms with Crippen LogP contribution in [0.25, 0.3) is 0 Å². The molecule has 0 aromatic carbocycles. The summed E-state index contributed by atoms with van der Waals surface area (Å²) in [6, 6.07) is 1.70. The second-order valence-corrected chi connectivity index (χ2v) is 6.56. The Morgan fingerprint density at radius 2 is 1.89 bits per heavy atom. The van der Waals surface area contributed by atoms with Crippen LogP contribution >= 0.6 is 0 Å². The SMILES string of the molecule is CCCC1CCC(NCC)C(CN(C)C2CC2)C1. The average Bonchev–Trinajstić information content (AvgIpc) is 3.17.